The summed E-state index contributed by atoms with van der Waals surface area (Å²) in [5, 5.41) is 0. The van der Waals surface area contributed by atoms with Gasteiger partial charge in [-0.3, -0.25) is 0 Å². The monoisotopic (exact) mass is 137 g/mol. The first-order valence-corrected chi connectivity index (χ1v) is 3.81. The second-order valence-electron chi connectivity index (χ2n) is 2.85. The van der Waals surface area contributed by atoms with Crippen molar-refractivity contribution < 1.29 is 0 Å². The minimum absolute atomic E-state index is 0.653. The lowest BCUT2D eigenvalue weighted by Crippen LogP contribution is -1.82. The molecule has 0 bridgehead atoms. The van der Waals surface area contributed by atoms with E-state index in [4.69, 9.17) is 0 Å². The van der Waals surface area contributed by atoms with Crippen LogP contribution in [0, 0.1) is 11.8 Å². The molecule has 0 nitrogen and oxygen atoms in total. The van der Waals surface area contributed by atoms with Gasteiger partial charge in [0.05, 0.1) is 0 Å². The second-order valence-corrected chi connectivity index (χ2v) is 2.85. The summed E-state index contributed by atoms with van der Waals surface area (Å²) < 4.78 is 0. The SMILES string of the molecule is CC=C[C](C)C=CC(C)C. The van der Waals surface area contributed by atoms with Gasteiger partial charge in [0.1, 0.15) is 0 Å². The highest BCUT2D eigenvalue weighted by molar-refractivity contribution is 5.19. The van der Waals surface area contributed by atoms with Crippen molar-refractivity contribution in [2.75, 3.05) is 0 Å². The van der Waals surface area contributed by atoms with Crippen LogP contribution in [-0.2, 0) is 0 Å². The zero-order valence-electron chi connectivity index (χ0n) is 7.39. The number of hydrogen-bond acceptors (Lipinski definition) is 0. The molecular weight excluding hydrogens is 120 g/mol. The van der Waals surface area contributed by atoms with Gasteiger partial charge in [0, 0.05) is 5.92 Å². The van der Waals surface area contributed by atoms with Crippen LogP contribution in [0.25, 0.3) is 0 Å². The molecule has 57 valence electrons. The van der Waals surface area contributed by atoms with Crippen LogP contribution in [0.4, 0.5) is 0 Å². The molecule has 0 N–H and O–H groups in total. The van der Waals surface area contributed by atoms with Crippen molar-refractivity contribution in [2.24, 2.45) is 5.92 Å². The van der Waals surface area contributed by atoms with Crippen molar-refractivity contribution >= 4 is 0 Å². The van der Waals surface area contributed by atoms with Gasteiger partial charge in [-0.15, -0.1) is 0 Å². The minimum Gasteiger partial charge on any atom is -0.0908 e. The van der Waals surface area contributed by atoms with Crippen molar-refractivity contribution in [1.82, 2.24) is 0 Å². The Bertz CT molecular complexity index is 118. The van der Waals surface area contributed by atoms with Gasteiger partial charge in [0.25, 0.3) is 0 Å². The second kappa shape index (κ2) is 5.28. The predicted molar refractivity (Wildman–Crippen MR) is 47.7 cm³/mol. The highest BCUT2D eigenvalue weighted by atomic mass is 13.9. The molecule has 0 fully saturated rings. The third kappa shape index (κ3) is 5.61. The molecule has 0 aliphatic carbocycles. The Hall–Kier alpha value is -0.520. The summed E-state index contributed by atoms with van der Waals surface area (Å²) in [6.45, 7) is 8.50. The van der Waals surface area contributed by atoms with Crippen LogP contribution < -0.4 is 0 Å². The lowest BCUT2D eigenvalue weighted by molar-refractivity contribution is 0.829. The quantitative estimate of drug-likeness (QED) is 0.559. The molecule has 0 amide bonds. The first kappa shape index (κ1) is 9.48. The Balaban J connectivity index is 3.66. The van der Waals surface area contributed by atoms with E-state index in [1.165, 1.54) is 5.92 Å². The Morgan fingerprint density at radius 2 is 1.80 bits per heavy atom. The lowest BCUT2D eigenvalue weighted by atomic mass is 10.1. The number of allylic oxidation sites excluding steroid dienone is 4. The van der Waals surface area contributed by atoms with Crippen molar-refractivity contribution in [2.45, 2.75) is 27.7 Å². The van der Waals surface area contributed by atoms with Crippen LogP contribution in [0.1, 0.15) is 27.7 Å². The highest BCUT2D eigenvalue weighted by Crippen LogP contribution is 2.04. The minimum atomic E-state index is 0.653. The van der Waals surface area contributed by atoms with E-state index in [2.05, 4.69) is 45.1 Å². The number of rotatable bonds is 3. The summed E-state index contributed by atoms with van der Waals surface area (Å²) in [6, 6.07) is 0. The molecular formula is C10H17. The molecule has 0 rings (SSSR count). The Kier molecular flexibility index (Phi) is 5.00. The van der Waals surface area contributed by atoms with Gasteiger partial charge in [-0.05, 0) is 12.8 Å². The normalized spacial score (nSPS) is 13.0. The van der Waals surface area contributed by atoms with Gasteiger partial charge in [0.2, 0.25) is 0 Å². The fourth-order valence-electron chi connectivity index (χ4n) is 0.663. The van der Waals surface area contributed by atoms with Crippen LogP contribution in [0.3, 0.4) is 0 Å². The molecule has 0 spiro atoms. The molecule has 0 aliphatic rings. The van der Waals surface area contributed by atoms with Crippen molar-refractivity contribution in [1.29, 1.82) is 0 Å². The van der Waals surface area contributed by atoms with E-state index in [1.54, 1.807) is 0 Å². The molecule has 0 saturated heterocycles. The summed E-state index contributed by atoms with van der Waals surface area (Å²) in [5.74, 6) is 1.97. The fraction of sp³-hybridized carbons (Fsp3) is 0.500. The summed E-state index contributed by atoms with van der Waals surface area (Å²) in [5.41, 5.74) is 0. The van der Waals surface area contributed by atoms with Gasteiger partial charge in [-0.2, -0.15) is 0 Å². The molecule has 0 unspecified atom stereocenters. The van der Waals surface area contributed by atoms with Crippen LogP contribution in [0.5, 0.6) is 0 Å². The third-order valence-corrected chi connectivity index (χ3v) is 1.17. The van der Waals surface area contributed by atoms with Crippen molar-refractivity contribution in [3.8, 4) is 0 Å². The van der Waals surface area contributed by atoms with E-state index in [-0.39, 0.29) is 0 Å². The molecule has 0 aromatic rings. The zero-order valence-corrected chi connectivity index (χ0v) is 7.39. The standard InChI is InChI=1S/C10H17/c1-5-6-10(4)8-7-9(2)3/h5-9H,1-4H3. The molecule has 0 saturated carbocycles. The van der Waals surface area contributed by atoms with Gasteiger partial charge in [0.15, 0.2) is 0 Å². The van der Waals surface area contributed by atoms with E-state index >= 15 is 0 Å². The van der Waals surface area contributed by atoms with Crippen molar-refractivity contribution in [3.05, 3.63) is 30.2 Å². The van der Waals surface area contributed by atoms with Gasteiger partial charge in [-0.25, -0.2) is 0 Å². The van der Waals surface area contributed by atoms with Gasteiger partial charge >= 0.3 is 0 Å². The summed E-state index contributed by atoms with van der Waals surface area (Å²) in [7, 11) is 0. The molecule has 0 aromatic carbocycles. The average molecular weight is 137 g/mol. The smallest absolute Gasteiger partial charge is 0.0156 e. The average Bonchev–Trinajstić information content (AvgIpc) is 1.85. The van der Waals surface area contributed by atoms with E-state index in [9.17, 15) is 0 Å². The lowest BCUT2D eigenvalue weighted by Gasteiger charge is -1.97. The molecule has 0 atom stereocenters. The summed E-state index contributed by atoms with van der Waals surface area (Å²) in [6.07, 6.45) is 8.53. The molecule has 0 aromatic heterocycles. The van der Waals surface area contributed by atoms with E-state index in [0.717, 1.165) is 0 Å². The number of hydrogen-bond donors (Lipinski definition) is 0. The van der Waals surface area contributed by atoms with Crippen molar-refractivity contribution in [3.63, 3.8) is 0 Å². The van der Waals surface area contributed by atoms with Crippen LogP contribution in [0.2, 0.25) is 0 Å². The Morgan fingerprint density at radius 3 is 2.20 bits per heavy atom. The van der Waals surface area contributed by atoms with E-state index < -0.39 is 0 Å². The van der Waals surface area contributed by atoms with Gasteiger partial charge < -0.3 is 0 Å². The van der Waals surface area contributed by atoms with E-state index in [0.29, 0.717) is 5.92 Å². The Labute approximate surface area is 64.6 Å². The largest absolute Gasteiger partial charge is 0.0908 e. The summed E-state index contributed by atoms with van der Waals surface area (Å²) >= 11 is 0. The maximum Gasteiger partial charge on any atom is 0.0156 e. The van der Waals surface area contributed by atoms with Crippen LogP contribution >= 0.6 is 0 Å². The first-order chi connectivity index (χ1) is 4.66. The molecule has 1 radical (unpaired) electrons. The van der Waals surface area contributed by atoms with E-state index in [1.807, 2.05) is 6.92 Å². The Morgan fingerprint density at radius 1 is 1.20 bits per heavy atom. The highest BCUT2D eigenvalue weighted by Gasteiger charge is 1.89. The maximum atomic E-state index is 2.20. The molecule has 0 aliphatic heterocycles. The molecule has 0 heteroatoms. The van der Waals surface area contributed by atoms with Gasteiger partial charge in [-0.1, -0.05) is 45.1 Å². The fourth-order valence-corrected chi connectivity index (χ4v) is 0.663. The zero-order chi connectivity index (χ0) is 7.98. The first-order valence-electron chi connectivity index (χ1n) is 3.81. The van der Waals surface area contributed by atoms with Crippen LogP contribution in [0.15, 0.2) is 24.3 Å². The maximum absolute atomic E-state index is 2.20. The van der Waals surface area contributed by atoms with Crippen LogP contribution in [-0.4, -0.2) is 0 Å². The predicted octanol–water partition coefficient (Wildman–Crippen LogP) is 3.37. The molecule has 10 heavy (non-hydrogen) atoms. The topological polar surface area (TPSA) is 0 Å². The molecule has 0 heterocycles. The summed E-state index contributed by atoms with van der Waals surface area (Å²) in [4.78, 5) is 0. The third-order valence-electron chi connectivity index (χ3n) is 1.17.